The predicted octanol–water partition coefficient (Wildman–Crippen LogP) is 3.26. The molecule has 0 atom stereocenters. The van der Waals surface area contributed by atoms with E-state index in [9.17, 15) is 4.79 Å². The SMILES string of the molecule is CC(C)(C)c1ccccc1Oc1nccc(C(=O)O)n1. The normalized spacial score (nSPS) is 11.2. The Morgan fingerprint density at radius 1 is 1.20 bits per heavy atom. The zero-order chi connectivity index (χ0) is 14.8. The second-order valence-corrected chi connectivity index (χ2v) is 5.38. The van der Waals surface area contributed by atoms with Crippen molar-refractivity contribution < 1.29 is 14.6 Å². The quantitative estimate of drug-likeness (QED) is 0.928. The molecule has 0 aliphatic heterocycles. The van der Waals surface area contributed by atoms with Gasteiger partial charge in [0.1, 0.15) is 5.75 Å². The molecule has 0 bridgehead atoms. The van der Waals surface area contributed by atoms with Crippen LogP contribution in [0.2, 0.25) is 0 Å². The highest BCUT2D eigenvalue weighted by Gasteiger charge is 2.19. The lowest BCUT2D eigenvalue weighted by atomic mass is 9.86. The summed E-state index contributed by atoms with van der Waals surface area (Å²) in [4.78, 5) is 18.7. The van der Waals surface area contributed by atoms with Crippen LogP contribution < -0.4 is 4.74 Å². The van der Waals surface area contributed by atoms with Gasteiger partial charge in [-0.2, -0.15) is 4.98 Å². The molecule has 0 aliphatic rings. The van der Waals surface area contributed by atoms with Crippen molar-refractivity contribution in [1.82, 2.24) is 9.97 Å². The van der Waals surface area contributed by atoms with Crippen molar-refractivity contribution in [3.05, 3.63) is 47.8 Å². The van der Waals surface area contributed by atoms with Gasteiger partial charge in [0.2, 0.25) is 0 Å². The van der Waals surface area contributed by atoms with E-state index in [4.69, 9.17) is 9.84 Å². The lowest BCUT2D eigenvalue weighted by Gasteiger charge is -2.21. The molecule has 5 nitrogen and oxygen atoms in total. The molecule has 0 radical (unpaired) electrons. The van der Waals surface area contributed by atoms with Gasteiger partial charge in [0.05, 0.1) is 0 Å². The van der Waals surface area contributed by atoms with Crippen LogP contribution in [-0.4, -0.2) is 21.0 Å². The number of hydrogen-bond acceptors (Lipinski definition) is 4. The number of carbonyl (C=O) groups is 1. The average Bonchev–Trinajstić information content (AvgIpc) is 2.38. The molecule has 0 amide bonds. The maximum atomic E-state index is 10.9. The number of carboxylic acid groups (broad SMARTS) is 1. The van der Waals surface area contributed by atoms with Crippen molar-refractivity contribution in [2.45, 2.75) is 26.2 Å². The third kappa shape index (κ3) is 3.12. The molecule has 20 heavy (non-hydrogen) atoms. The van der Waals surface area contributed by atoms with Gasteiger partial charge in [0.25, 0.3) is 0 Å². The Morgan fingerprint density at radius 2 is 1.90 bits per heavy atom. The van der Waals surface area contributed by atoms with Crippen molar-refractivity contribution in [3.8, 4) is 11.8 Å². The van der Waals surface area contributed by atoms with Gasteiger partial charge in [-0.3, -0.25) is 0 Å². The number of hydrogen-bond donors (Lipinski definition) is 1. The summed E-state index contributed by atoms with van der Waals surface area (Å²) in [5.41, 5.74) is 0.814. The van der Waals surface area contributed by atoms with Crippen LogP contribution in [0.3, 0.4) is 0 Å². The zero-order valence-electron chi connectivity index (χ0n) is 11.6. The van der Waals surface area contributed by atoms with Crippen molar-refractivity contribution in [1.29, 1.82) is 0 Å². The standard InChI is InChI=1S/C15H16N2O3/c1-15(2,3)10-6-4-5-7-12(10)20-14-16-9-8-11(17-14)13(18)19/h4-9H,1-3H3,(H,18,19). The molecule has 1 aromatic carbocycles. The van der Waals surface area contributed by atoms with Gasteiger partial charge in [0, 0.05) is 11.8 Å². The Hall–Kier alpha value is -2.43. The molecule has 2 rings (SSSR count). The van der Waals surface area contributed by atoms with E-state index in [1.54, 1.807) is 0 Å². The minimum Gasteiger partial charge on any atom is -0.477 e. The van der Waals surface area contributed by atoms with Crippen LogP contribution in [0.1, 0.15) is 36.8 Å². The molecule has 0 spiro atoms. The van der Waals surface area contributed by atoms with Gasteiger partial charge in [-0.05, 0) is 17.5 Å². The molecule has 0 aliphatic carbocycles. The molecular weight excluding hydrogens is 256 g/mol. The van der Waals surface area contributed by atoms with Gasteiger partial charge < -0.3 is 9.84 Å². The van der Waals surface area contributed by atoms with Crippen LogP contribution in [0.5, 0.6) is 11.8 Å². The monoisotopic (exact) mass is 272 g/mol. The summed E-state index contributed by atoms with van der Waals surface area (Å²) in [6.45, 7) is 6.22. The topological polar surface area (TPSA) is 72.3 Å². The zero-order valence-corrected chi connectivity index (χ0v) is 11.6. The van der Waals surface area contributed by atoms with Crippen LogP contribution in [-0.2, 0) is 5.41 Å². The lowest BCUT2D eigenvalue weighted by molar-refractivity contribution is 0.0689. The predicted molar refractivity (Wildman–Crippen MR) is 74.2 cm³/mol. The van der Waals surface area contributed by atoms with Gasteiger partial charge >= 0.3 is 12.0 Å². The summed E-state index contributed by atoms with van der Waals surface area (Å²) in [6.07, 6.45) is 1.37. The third-order valence-corrected chi connectivity index (χ3v) is 2.75. The van der Waals surface area contributed by atoms with Crippen LogP contribution in [0, 0.1) is 0 Å². The largest absolute Gasteiger partial charge is 0.477 e. The Kier molecular flexibility index (Phi) is 3.70. The lowest BCUT2D eigenvalue weighted by Crippen LogP contribution is -2.12. The molecule has 0 unspecified atom stereocenters. The molecular formula is C15H16N2O3. The van der Waals surface area contributed by atoms with Crippen LogP contribution in [0.15, 0.2) is 36.5 Å². The highest BCUT2D eigenvalue weighted by Crippen LogP contribution is 2.32. The minimum atomic E-state index is -1.11. The molecule has 1 heterocycles. The molecule has 2 aromatic rings. The van der Waals surface area contributed by atoms with Crippen molar-refractivity contribution in [2.24, 2.45) is 0 Å². The van der Waals surface area contributed by atoms with E-state index in [1.165, 1.54) is 12.3 Å². The molecule has 1 aromatic heterocycles. The molecule has 104 valence electrons. The highest BCUT2D eigenvalue weighted by molar-refractivity contribution is 5.85. The number of carboxylic acids is 1. The van der Waals surface area contributed by atoms with Crippen LogP contribution >= 0.6 is 0 Å². The maximum Gasteiger partial charge on any atom is 0.354 e. The summed E-state index contributed by atoms with van der Waals surface area (Å²) in [7, 11) is 0. The second-order valence-electron chi connectivity index (χ2n) is 5.38. The van der Waals surface area contributed by atoms with Gasteiger partial charge in [0.15, 0.2) is 5.69 Å². The van der Waals surface area contributed by atoms with Gasteiger partial charge in [-0.15, -0.1) is 0 Å². The highest BCUT2D eigenvalue weighted by atomic mass is 16.5. The van der Waals surface area contributed by atoms with E-state index in [1.807, 2.05) is 24.3 Å². The first-order valence-electron chi connectivity index (χ1n) is 6.21. The van der Waals surface area contributed by atoms with Crippen molar-refractivity contribution >= 4 is 5.97 Å². The fraction of sp³-hybridized carbons (Fsp3) is 0.267. The average molecular weight is 272 g/mol. The summed E-state index contributed by atoms with van der Waals surface area (Å²) in [6, 6.07) is 8.92. The molecule has 0 saturated carbocycles. The Labute approximate surface area is 117 Å². The first-order chi connectivity index (χ1) is 9.38. The van der Waals surface area contributed by atoms with E-state index in [0.717, 1.165) is 5.56 Å². The van der Waals surface area contributed by atoms with E-state index in [-0.39, 0.29) is 17.1 Å². The fourth-order valence-corrected chi connectivity index (χ4v) is 1.78. The van der Waals surface area contributed by atoms with Crippen LogP contribution in [0.4, 0.5) is 0 Å². The summed E-state index contributed by atoms with van der Waals surface area (Å²) in [5.74, 6) is -0.483. The number of ether oxygens (including phenoxy) is 1. The Bertz CT molecular complexity index is 633. The van der Waals surface area contributed by atoms with Gasteiger partial charge in [-0.1, -0.05) is 39.0 Å². The Balaban J connectivity index is 2.36. The van der Waals surface area contributed by atoms with Crippen molar-refractivity contribution in [2.75, 3.05) is 0 Å². The second kappa shape index (κ2) is 5.28. The number of aromatic nitrogens is 2. The van der Waals surface area contributed by atoms with E-state index in [2.05, 4.69) is 30.7 Å². The number of benzene rings is 1. The number of aromatic carboxylic acids is 1. The Morgan fingerprint density at radius 3 is 2.55 bits per heavy atom. The summed E-state index contributed by atoms with van der Waals surface area (Å²) < 4.78 is 5.64. The molecule has 0 fully saturated rings. The van der Waals surface area contributed by atoms with Gasteiger partial charge in [-0.25, -0.2) is 9.78 Å². The summed E-state index contributed by atoms with van der Waals surface area (Å²) >= 11 is 0. The van der Waals surface area contributed by atoms with Crippen molar-refractivity contribution in [3.63, 3.8) is 0 Å². The minimum absolute atomic E-state index is 0.0293. The van der Waals surface area contributed by atoms with E-state index < -0.39 is 5.97 Å². The smallest absolute Gasteiger partial charge is 0.354 e. The summed E-state index contributed by atoms with van der Waals surface area (Å²) in [5, 5.41) is 8.91. The molecule has 0 saturated heterocycles. The molecule has 5 heteroatoms. The molecule has 1 N–H and O–H groups in total. The number of rotatable bonds is 3. The third-order valence-electron chi connectivity index (χ3n) is 2.75. The maximum absolute atomic E-state index is 10.9. The first kappa shape index (κ1) is 14.0. The number of para-hydroxylation sites is 1. The first-order valence-corrected chi connectivity index (χ1v) is 6.21. The number of nitrogens with zero attached hydrogens (tertiary/aromatic N) is 2. The van der Waals surface area contributed by atoms with Crippen LogP contribution in [0.25, 0.3) is 0 Å². The van der Waals surface area contributed by atoms with E-state index >= 15 is 0 Å². The fourth-order valence-electron chi connectivity index (χ4n) is 1.78. The van der Waals surface area contributed by atoms with E-state index in [0.29, 0.717) is 5.75 Å².